The van der Waals surface area contributed by atoms with Crippen molar-refractivity contribution in [2.75, 3.05) is 25.0 Å². The minimum Gasteiger partial charge on any atom is -0.376 e. The molecule has 102 valence electrons. The van der Waals surface area contributed by atoms with Gasteiger partial charge in [0.05, 0.1) is 6.54 Å². The van der Waals surface area contributed by atoms with Gasteiger partial charge in [-0.25, -0.2) is 0 Å². The fourth-order valence-electron chi connectivity index (χ4n) is 1.96. The monoisotopic (exact) mass is 258 g/mol. The van der Waals surface area contributed by atoms with Crippen molar-refractivity contribution in [3.63, 3.8) is 0 Å². The van der Waals surface area contributed by atoms with Crippen LogP contribution in [0.25, 0.3) is 0 Å². The van der Waals surface area contributed by atoms with Crippen LogP contribution >= 0.6 is 0 Å². The van der Waals surface area contributed by atoms with Gasteiger partial charge < -0.3 is 10.2 Å². The first-order chi connectivity index (χ1) is 9.10. The van der Waals surface area contributed by atoms with Crippen LogP contribution in [0.4, 0.5) is 5.69 Å². The minimum atomic E-state index is 0.0439. The topological polar surface area (TPSA) is 32.3 Å². The molecule has 1 aromatic carbocycles. The molecule has 0 saturated heterocycles. The van der Waals surface area contributed by atoms with Gasteiger partial charge in [-0.05, 0) is 25.0 Å². The second-order valence-corrected chi connectivity index (χ2v) is 4.50. The zero-order valence-corrected chi connectivity index (χ0v) is 11.8. The Morgan fingerprint density at radius 2 is 1.74 bits per heavy atom. The first kappa shape index (κ1) is 15.0. The lowest BCUT2D eigenvalue weighted by Gasteiger charge is -2.20. The van der Waals surface area contributed by atoms with Gasteiger partial charge in [0, 0.05) is 18.8 Å². The van der Waals surface area contributed by atoms with Crippen LogP contribution in [0.2, 0.25) is 0 Å². The minimum absolute atomic E-state index is 0.0439. The fraction of sp³-hybridized carbons (Fsp3) is 0.312. The molecule has 1 aromatic rings. The molecule has 1 rings (SSSR count). The Morgan fingerprint density at radius 1 is 1.21 bits per heavy atom. The molecule has 0 fully saturated rings. The summed E-state index contributed by atoms with van der Waals surface area (Å²) in [4.78, 5) is 13.8. The first-order valence-electron chi connectivity index (χ1n) is 6.39. The zero-order chi connectivity index (χ0) is 14.3. The Morgan fingerprint density at radius 3 is 2.21 bits per heavy atom. The molecular formula is C16H22N2O. The van der Waals surface area contributed by atoms with Crippen molar-refractivity contribution in [3.05, 3.63) is 54.6 Å². The van der Waals surface area contributed by atoms with Crippen molar-refractivity contribution in [2.45, 2.75) is 13.8 Å². The van der Waals surface area contributed by atoms with Crippen LogP contribution in [-0.4, -0.2) is 30.4 Å². The van der Waals surface area contributed by atoms with E-state index in [0.717, 1.165) is 16.8 Å². The summed E-state index contributed by atoms with van der Waals surface area (Å²) >= 11 is 0. The summed E-state index contributed by atoms with van der Waals surface area (Å²) in [6, 6.07) is 6.08. The number of anilines is 1. The molecule has 0 atom stereocenters. The highest BCUT2D eigenvalue weighted by molar-refractivity contribution is 5.81. The van der Waals surface area contributed by atoms with Gasteiger partial charge in [0.2, 0.25) is 5.91 Å². The van der Waals surface area contributed by atoms with E-state index in [1.807, 2.05) is 32.0 Å². The molecule has 0 heterocycles. The maximum Gasteiger partial charge on any atom is 0.242 e. The molecule has 1 N–H and O–H groups in total. The lowest BCUT2D eigenvalue weighted by atomic mass is 10.1. The summed E-state index contributed by atoms with van der Waals surface area (Å²) in [7, 11) is 0. The van der Waals surface area contributed by atoms with Crippen LogP contribution in [-0.2, 0) is 4.79 Å². The molecule has 0 saturated carbocycles. The van der Waals surface area contributed by atoms with E-state index in [0.29, 0.717) is 13.1 Å². The molecular weight excluding hydrogens is 236 g/mol. The van der Waals surface area contributed by atoms with E-state index in [9.17, 15) is 4.79 Å². The Balaban J connectivity index is 2.67. The van der Waals surface area contributed by atoms with Crippen molar-refractivity contribution in [1.29, 1.82) is 0 Å². The standard InChI is InChI=1S/C16H22N2O/c1-5-10-18(11-6-2)15(19)12-17-16-13(3)8-7-9-14(16)4/h5-9,17H,1-2,10-12H2,3-4H3. The lowest BCUT2D eigenvalue weighted by molar-refractivity contribution is -0.128. The van der Waals surface area contributed by atoms with Crippen LogP contribution in [0, 0.1) is 13.8 Å². The molecule has 0 radical (unpaired) electrons. The number of benzene rings is 1. The fourth-order valence-corrected chi connectivity index (χ4v) is 1.96. The quantitative estimate of drug-likeness (QED) is 0.763. The first-order valence-corrected chi connectivity index (χ1v) is 6.39. The molecule has 0 unspecified atom stereocenters. The molecule has 0 aliphatic heterocycles. The third-order valence-corrected chi connectivity index (χ3v) is 2.95. The lowest BCUT2D eigenvalue weighted by Crippen LogP contribution is -2.36. The van der Waals surface area contributed by atoms with Crippen LogP contribution < -0.4 is 5.32 Å². The van der Waals surface area contributed by atoms with Crippen molar-refractivity contribution in [2.24, 2.45) is 0 Å². The summed E-state index contributed by atoms with van der Waals surface area (Å²) in [6.45, 7) is 12.8. The zero-order valence-electron chi connectivity index (χ0n) is 11.8. The SMILES string of the molecule is C=CCN(CC=C)C(=O)CNc1c(C)cccc1C. The van der Waals surface area contributed by atoms with Gasteiger partial charge in [0.1, 0.15) is 0 Å². The third-order valence-electron chi connectivity index (χ3n) is 2.95. The van der Waals surface area contributed by atoms with E-state index in [-0.39, 0.29) is 12.5 Å². The highest BCUT2D eigenvalue weighted by Crippen LogP contribution is 2.18. The van der Waals surface area contributed by atoms with Crippen molar-refractivity contribution in [1.82, 2.24) is 4.90 Å². The molecule has 1 amide bonds. The van der Waals surface area contributed by atoms with E-state index in [2.05, 4.69) is 18.5 Å². The van der Waals surface area contributed by atoms with Gasteiger partial charge in [-0.3, -0.25) is 4.79 Å². The van der Waals surface area contributed by atoms with Crippen molar-refractivity contribution >= 4 is 11.6 Å². The third kappa shape index (κ3) is 4.28. The Hall–Kier alpha value is -2.03. The average molecular weight is 258 g/mol. The number of carbonyl (C=O) groups excluding carboxylic acids is 1. The Bertz CT molecular complexity index is 436. The molecule has 0 aromatic heterocycles. The summed E-state index contributed by atoms with van der Waals surface area (Å²) in [6.07, 6.45) is 3.45. The molecule has 0 bridgehead atoms. The van der Waals surface area contributed by atoms with Gasteiger partial charge >= 0.3 is 0 Å². The van der Waals surface area contributed by atoms with Crippen molar-refractivity contribution in [3.8, 4) is 0 Å². The Kier molecular flexibility index (Phi) is 5.86. The van der Waals surface area contributed by atoms with E-state index < -0.39 is 0 Å². The summed E-state index contributed by atoms with van der Waals surface area (Å²) < 4.78 is 0. The van der Waals surface area contributed by atoms with Gasteiger partial charge in [-0.15, -0.1) is 13.2 Å². The van der Waals surface area contributed by atoms with E-state index in [1.54, 1.807) is 17.1 Å². The van der Waals surface area contributed by atoms with E-state index in [4.69, 9.17) is 0 Å². The van der Waals surface area contributed by atoms with Crippen LogP contribution in [0.1, 0.15) is 11.1 Å². The number of nitrogens with one attached hydrogen (secondary N) is 1. The predicted molar refractivity (Wildman–Crippen MR) is 81.4 cm³/mol. The van der Waals surface area contributed by atoms with Crippen molar-refractivity contribution < 1.29 is 4.79 Å². The number of rotatable bonds is 7. The van der Waals surface area contributed by atoms with Gasteiger partial charge in [0.25, 0.3) is 0 Å². The molecule has 3 heteroatoms. The number of hydrogen-bond donors (Lipinski definition) is 1. The van der Waals surface area contributed by atoms with Gasteiger partial charge in [-0.1, -0.05) is 30.4 Å². The average Bonchev–Trinajstić information content (AvgIpc) is 2.37. The highest BCUT2D eigenvalue weighted by Gasteiger charge is 2.11. The second-order valence-electron chi connectivity index (χ2n) is 4.50. The van der Waals surface area contributed by atoms with Gasteiger partial charge in [-0.2, -0.15) is 0 Å². The maximum atomic E-state index is 12.1. The predicted octanol–water partition coefficient (Wildman–Crippen LogP) is 2.92. The summed E-state index contributed by atoms with van der Waals surface area (Å²) in [5.41, 5.74) is 3.33. The summed E-state index contributed by atoms with van der Waals surface area (Å²) in [5, 5.41) is 3.22. The largest absolute Gasteiger partial charge is 0.376 e. The number of hydrogen-bond acceptors (Lipinski definition) is 2. The molecule has 0 aliphatic rings. The number of para-hydroxylation sites is 1. The van der Waals surface area contributed by atoms with Crippen LogP contribution in [0.3, 0.4) is 0 Å². The maximum absolute atomic E-state index is 12.1. The van der Waals surface area contributed by atoms with E-state index >= 15 is 0 Å². The molecule has 0 aliphatic carbocycles. The second kappa shape index (κ2) is 7.41. The molecule has 19 heavy (non-hydrogen) atoms. The number of nitrogens with zero attached hydrogens (tertiary/aromatic N) is 1. The number of carbonyl (C=O) groups is 1. The molecule has 3 nitrogen and oxygen atoms in total. The summed E-state index contributed by atoms with van der Waals surface area (Å²) in [5.74, 6) is 0.0439. The van der Waals surface area contributed by atoms with Crippen LogP contribution in [0.15, 0.2) is 43.5 Å². The Labute approximate surface area is 115 Å². The molecule has 0 spiro atoms. The normalized spacial score (nSPS) is 9.79. The smallest absolute Gasteiger partial charge is 0.242 e. The number of aryl methyl sites for hydroxylation is 2. The number of amides is 1. The highest BCUT2D eigenvalue weighted by atomic mass is 16.2. The van der Waals surface area contributed by atoms with Gasteiger partial charge in [0.15, 0.2) is 0 Å². The van der Waals surface area contributed by atoms with Crippen LogP contribution in [0.5, 0.6) is 0 Å². The van der Waals surface area contributed by atoms with E-state index in [1.165, 1.54) is 0 Å².